The normalized spacial score (nSPS) is 30.0. The fraction of sp³-hybridized carbons (Fsp3) is 0.500. The molecule has 0 unspecified atom stereocenters. The second-order valence-corrected chi connectivity index (χ2v) is 5.89. The Morgan fingerprint density at radius 2 is 1.94 bits per heavy atom. The van der Waals surface area contributed by atoms with Crippen LogP contribution in [-0.4, -0.2) is 12.1 Å². The average molecular weight is 246 g/mol. The first kappa shape index (κ1) is 11.7. The van der Waals surface area contributed by atoms with Crippen molar-refractivity contribution < 1.29 is 9.47 Å². The summed E-state index contributed by atoms with van der Waals surface area (Å²) < 4.78 is 11.3. The first-order valence-electron chi connectivity index (χ1n) is 6.18. The maximum absolute atomic E-state index is 5.93. The number of hydrogen-bond donors (Lipinski definition) is 1. The Morgan fingerprint density at radius 3 is 2.50 bits per heavy atom. The maximum atomic E-state index is 5.93. The molecule has 4 nitrogen and oxygen atoms in total. The number of aliphatic imine (C=N–C) groups is 1. The van der Waals surface area contributed by atoms with E-state index >= 15 is 0 Å². The Balaban J connectivity index is 2.10. The largest absolute Gasteiger partial charge is 0.383 e. The quantitative estimate of drug-likeness (QED) is 0.763. The fourth-order valence-corrected chi connectivity index (χ4v) is 2.41. The van der Waals surface area contributed by atoms with Crippen molar-refractivity contribution in [1.82, 2.24) is 0 Å². The van der Waals surface area contributed by atoms with E-state index < -0.39 is 5.91 Å². The zero-order chi connectivity index (χ0) is 13.1. The summed E-state index contributed by atoms with van der Waals surface area (Å²) in [5.41, 5.74) is 9.05. The van der Waals surface area contributed by atoms with E-state index in [2.05, 4.69) is 37.9 Å². The van der Waals surface area contributed by atoms with Crippen LogP contribution in [0.2, 0.25) is 0 Å². The van der Waals surface area contributed by atoms with Crippen molar-refractivity contribution in [3.63, 3.8) is 0 Å². The lowest BCUT2D eigenvalue weighted by Crippen LogP contribution is -2.47. The van der Waals surface area contributed by atoms with E-state index in [1.54, 1.807) is 0 Å². The van der Waals surface area contributed by atoms with Gasteiger partial charge in [-0.2, -0.15) is 0 Å². The predicted molar refractivity (Wildman–Crippen MR) is 69.2 cm³/mol. The van der Waals surface area contributed by atoms with Crippen LogP contribution in [0, 0.1) is 0 Å². The first-order chi connectivity index (χ1) is 8.32. The Morgan fingerprint density at radius 1 is 1.28 bits per heavy atom. The molecule has 2 heterocycles. The SMILES string of the molecule is CC1OC2(N=C(N)c3ccc(C(C)(C)C)cc32)O1. The zero-order valence-electron chi connectivity index (χ0n) is 11.2. The molecule has 96 valence electrons. The molecule has 18 heavy (non-hydrogen) atoms. The molecule has 0 saturated carbocycles. The van der Waals surface area contributed by atoms with Gasteiger partial charge in [0, 0.05) is 11.1 Å². The van der Waals surface area contributed by atoms with E-state index in [9.17, 15) is 0 Å². The highest BCUT2D eigenvalue weighted by molar-refractivity contribution is 6.01. The third kappa shape index (κ3) is 1.49. The van der Waals surface area contributed by atoms with E-state index in [1.807, 2.05) is 13.0 Å². The van der Waals surface area contributed by atoms with E-state index in [1.165, 1.54) is 5.56 Å². The highest BCUT2D eigenvalue weighted by Crippen LogP contribution is 2.46. The van der Waals surface area contributed by atoms with E-state index in [4.69, 9.17) is 15.2 Å². The van der Waals surface area contributed by atoms with Crippen molar-refractivity contribution in [2.45, 2.75) is 45.3 Å². The van der Waals surface area contributed by atoms with Gasteiger partial charge in [-0.25, -0.2) is 4.99 Å². The van der Waals surface area contributed by atoms with Crippen molar-refractivity contribution in [1.29, 1.82) is 0 Å². The molecular weight excluding hydrogens is 228 g/mol. The lowest BCUT2D eigenvalue weighted by molar-refractivity contribution is -0.451. The van der Waals surface area contributed by atoms with Gasteiger partial charge in [0.1, 0.15) is 5.84 Å². The van der Waals surface area contributed by atoms with Crippen LogP contribution >= 0.6 is 0 Å². The number of ether oxygens (including phenoxy) is 2. The van der Waals surface area contributed by atoms with E-state index in [0.717, 1.165) is 11.1 Å². The number of nitrogens with zero attached hydrogens (tertiary/aromatic N) is 1. The van der Waals surface area contributed by atoms with E-state index in [0.29, 0.717) is 5.84 Å². The van der Waals surface area contributed by atoms with Crippen molar-refractivity contribution in [2.24, 2.45) is 10.7 Å². The van der Waals surface area contributed by atoms with Gasteiger partial charge in [0.2, 0.25) is 0 Å². The molecular formula is C14H18N2O2. The Kier molecular flexibility index (Phi) is 2.17. The lowest BCUT2D eigenvalue weighted by atomic mass is 9.85. The molecule has 1 saturated heterocycles. The summed E-state index contributed by atoms with van der Waals surface area (Å²) in [6.45, 7) is 8.37. The fourth-order valence-electron chi connectivity index (χ4n) is 2.41. The van der Waals surface area contributed by atoms with Crippen LogP contribution in [0.15, 0.2) is 23.2 Å². The standard InChI is InChI=1S/C14H18N2O2/c1-8-17-14(18-8)11-7-9(13(2,3)4)5-6-10(11)12(15)16-14/h5-8H,1-4H3,(H2,15,16). The number of hydrogen-bond acceptors (Lipinski definition) is 4. The zero-order valence-corrected chi connectivity index (χ0v) is 11.2. The predicted octanol–water partition coefficient (Wildman–Crippen LogP) is 2.21. The number of fused-ring (bicyclic) bond motifs is 2. The summed E-state index contributed by atoms with van der Waals surface area (Å²) in [6, 6.07) is 6.17. The lowest BCUT2D eigenvalue weighted by Gasteiger charge is -2.41. The Hall–Kier alpha value is -1.39. The van der Waals surface area contributed by atoms with Gasteiger partial charge in [0.25, 0.3) is 0 Å². The molecule has 3 rings (SSSR count). The minimum absolute atomic E-state index is 0.0724. The van der Waals surface area contributed by atoms with Crippen molar-refractivity contribution in [3.05, 3.63) is 34.9 Å². The summed E-state index contributed by atoms with van der Waals surface area (Å²) in [7, 11) is 0. The number of nitrogens with two attached hydrogens (primary N) is 1. The van der Waals surface area contributed by atoms with Gasteiger partial charge in [-0.15, -0.1) is 0 Å². The summed E-state index contributed by atoms with van der Waals surface area (Å²) in [4.78, 5) is 4.32. The molecule has 2 aliphatic rings. The van der Waals surface area contributed by atoms with Crippen molar-refractivity contribution in [2.75, 3.05) is 0 Å². The summed E-state index contributed by atoms with van der Waals surface area (Å²) in [5.74, 6) is -0.502. The van der Waals surface area contributed by atoms with Gasteiger partial charge in [-0.3, -0.25) is 9.47 Å². The van der Waals surface area contributed by atoms with Crippen molar-refractivity contribution in [3.8, 4) is 0 Å². The minimum Gasteiger partial charge on any atom is -0.383 e. The maximum Gasteiger partial charge on any atom is 0.304 e. The Bertz CT molecular complexity index is 537. The number of benzene rings is 1. The highest BCUT2D eigenvalue weighted by Gasteiger charge is 2.52. The Labute approximate surface area is 107 Å². The summed E-state index contributed by atoms with van der Waals surface area (Å²) >= 11 is 0. The molecule has 0 atom stereocenters. The van der Waals surface area contributed by atoms with Gasteiger partial charge in [0.05, 0.1) is 0 Å². The third-order valence-corrected chi connectivity index (χ3v) is 3.42. The molecule has 0 aromatic heterocycles. The molecule has 0 aliphatic carbocycles. The van der Waals surface area contributed by atoms with Crippen LogP contribution in [0.3, 0.4) is 0 Å². The van der Waals surface area contributed by atoms with Crippen LogP contribution in [0.1, 0.15) is 44.4 Å². The number of rotatable bonds is 0. The van der Waals surface area contributed by atoms with Crippen LogP contribution in [0.25, 0.3) is 0 Å². The molecule has 1 spiro atoms. The van der Waals surface area contributed by atoms with Crippen LogP contribution in [0.5, 0.6) is 0 Å². The second-order valence-electron chi connectivity index (χ2n) is 5.89. The third-order valence-electron chi connectivity index (χ3n) is 3.42. The van der Waals surface area contributed by atoms with Crippen LogP contribution in [-0.2, 0) is 20.8 Å². The molecule has 2 aliphatic heterocycles. The molecule has 1 aromatic carbocycles. The van der Waals surface area contributed by atoms with Gasteiger partial charge >= 0.3 is 5.91 Å². The van der Waals surface area contributed by atoms with Gasteiger partial charge < -0.3 is 5.73 Å². The first-order valence-corrected chi connectivity index (χ1v) is 6.18. The topological polar surface area (TPSA) is 56.8 Å². The van der Waals surface area contributed by atoms with E-state index in [-0.39, 0.29) is 11.7 Å². The molecule has 0 radical (unpaired) electrons. The minimum atomic E-state index is -0.986. The molecule has 0 amide bonds. The molecule has 4 heteroatoms. The molecule has 1 aromatic rings. The average Bonchev–Trinajstić information content (AvgIpc) is 2.51. The molecule has 1 fully saturated rings. The van der Waals surface area contributed by atoms with Crippen LogP contribution < -0.4 is 5.73 Å². The second kappa shape index (κ2) is 3.33. The number of amidine groups is 1. The van der Waals surface area contributed by atoms with Gasteiger partial charge in [-0.05, 0) is 24.0 Å². The van der Waals surface area contributed by atoms with Crippen molar-refractivity contribution >= 4 is 5.84 Å². The highest BCUT2D eigenvalue weighted by atomic mass is 16.9. The summed E-state index contributed by atoms with van der Waals surface area (Å²) in [6.07, 6.45) is -0.231. The van der Waals surface area contributed by atoms with Gasteiger partial charge in [-0.1, -0.05) is 32.9 Å². The van der Waals surface area contributed by atoms with Crippen LogP contribution in [0.4, 0.5) is 0 Å². The summed E-state index contributed by atoms with van der Waals surface area (Å²) in [5, 5.41) is 0. The molecule has 2 N–H and O–H groups in total. The van der Waals surface area contributed by atoms with Gasteiger partial charge in [0.15, 0.2) is 6.29 Å². The molecule has 0 bridgehead atoms. The smallest absolute Gasteiger partial charge is 0.304 e. The monoisotopic (exact) mass is 246 g/mol.